The fourth-order valence-electron chi connectivity index (χ4n) is 2.54. The molecule has 0 aliphatic rings. The fraction of sp³-hybridized carbons (Fsp3) is 0.111. The van der Waals surface area contributed by atoms with E-state index in [4.69, 9.17) is 0 Å². The van der Waals surface area contributed by atoms with Gasteiger partial charge in [0.05, 0.1) is 6.54 Å². The monoisotopic (exact) mass is 593 g/mol. The van der Waals surface area contributed by atoms with Gasteiger partial charge in [0.15, 0.2) is 0 Å². The largest absolute Gasteiger partial charge is 0.518 e. The molecule has 0 radical (unpaired) electrons. The number of hydrazine groups is 2. The number of fused-ring (bicyclic) bond motifs is 1. The second kappa shape index (κ2) is 8.51. The third kappa shape index (κ3) is 4.15. The van der Waals surface area contributed by atoms with Crippen LogP contribution in [0.4, 0.5) is 4.79 Å². The third-order valence-electron chi connectivity index (χ3n) is 3.76. The molecule has 3 rings (SSSR count). The molecule has 26 heavy (non-hydrogen) atoms. The summed E-state index contributed by atoms with van der Waals surface area (Å²) in [4.78, 5) is 26.0. The van der Waals surface area contributed by atoms with Crippen LogP contribution in [0.25, 0.3) is 10.9 Å². The number of carbonyl (C=O) groups excluding carboxylic acids is 2. The molecule has 0 aliphatic heterocycles. The summed E-state index contributed by atoms with van der Waals surface area (Å²) < 4.78 is 0. The van der Waals surface area contributed by atoms with Gasteiger partial charge in [-0.15, -0.1) is 6.41 Å². The maximum absolute atomic E-state index is 12.2. The predicted octanol–water partition coefficient (Wildman–Crippen LogP) is 1.96. The molecule has 7 nitrogen and oxygen atoms in total. The molecule has 0 unspecified atom stereocenters. The molecule has 3 aromatic rings. The van der Waals surface area contributed by atoms with Gasteiger partial charge in [0.25, 0.3) is 0 Å². The van der Waals surface area contributed by atoms with Gasteiger partial charge in [-0.2, -0.15) is 0 Å². The summed E-state index contributed by atoms with van der Waals surface area (Å²) in [6.07, 6.45) is 3.42. The minimum atomic E-state index is -0.480. The van der Waals surface area contributed by atoms with Gasteiger partial charge in [-0.05, 0) is 17.2 Å². The molecule has 8 heteroatoms. The van der Waals surface area contributed by atoms with Gasteiger partial charge in [-0.25, -0.2) is 10.2 Å². The van der Waals surface area contributed by atoms with E-state index in [1.54, 1.807) is 0 Å². The Kier molecular flexibility index (Phi) is 5.90. The molecule has 2 aromatic carbocycles. The minimum Gasteiger partial charge on any atom is -0.518 e. The molecule has 3 amide bonds. The summed E-state index contributed by atoms with van der Waals surface area (Å²) in [5, 5.41) is 2.23. The molecule has 1 heterocycles. The number of amides is 3. The number of hydrogen-bond acceptors (Lipinski definition) is 3. The molecule has 140 valence electrons. The number of nitrogens with one attached hydrogen (secondary N) is 4. The van der Waals surface area contributed by atoms with Crippen LogP contribution in [-0.4, -0.2) is 22.4 Å². The quantitative estimate of drug-likeness (QED) is 0.192. The van der Waals surface area contributed by atoms with Crippen LogP contribution in [-0.2, 0) is 17.9 Å². The average Bonchev–Trinajstić information content (AvgIpc) is 3.05. The minimum absolute atomic E-state index is 0. The smallest absolute Gasteiger partial charge is 0.348 e. The van der Waals surface area contributed by atoms with E-state index in [0.717, 1.165) is 27.0 Å². The van der Waals surface area contributed by atoms with Crippen LogP contribution in [0.15, 0.2) is 60.8 Å². The first kappa shape index (κ1) is 18.0. The zero-order chi connectivity index (χ0) is 17.5. The van der Waals surface area contributed by atoms with Gasteiger partial charge in [0.1, 0.15) is 0 Å². The van der Waals surface area contributed by atoms with E-state index in [1.807, 2.05) is 60.8 Å². The fourth-order valence-corrected chi connectivity index (χ4v) is 2.54. The number of rotatable bonds is 7. The number of H-pyrrole nitrogens is 1. The molecule has 0 atom stereocenters. The Labute approximate surface area is 145 Å². The summed E-state index contributed by atoms with van der Waals surface area (Å²) in [6.45, 7) is 0.677. The Bertz CT molecular complexity index is 853. The zero-order valence-corrected chi connectivity index (χ0v) is 16.1. The van der Waals surface area contributed by atoms with E-state index in [0.29, 0.717) is 6.54 Å². The van der Waals surface area contributed by atoms with Crippen LogP contribution in [0.5, 0.6) is 0 Å². The number of carbonyl (C=O) groups is 1. The van der Waals surface area contributed by atoms with Gasteiger partial charge < -0.3 is 15.2 Å². The van der Waals surface area contributed by atoms with E-state index >= 15 is 0 Å². The molecule has 0 fully saturated rings. The van der Waals surface area contributed by atoms with Crippen LogP contribution < -0.4 is 16.3 Å². The third-order valence-corrected chi connectivity index (χ3v) is 3.76. The molecular formula is C18H18FmN5O2-. The van der Waals surface area contributed by atoms with Crippen LogP contribution in [0, 0.1) is 0 Å². The molecule has 0 saturated heterocycles. The SMILES string of the molecule is O=[C-]NN(Cc1ccccc1)C(=O)NNCc1c[nH]c2ccccc12.[Fm]. The summed E-state index contributed by atoms with van der Waals surface area (Å²) >= 11 is 0. The van der Waals surface area contributed by atoms with Gasteiger partial charge in [0, 0.05) is 23.6 Å². The van der Waals surface area contributed by atoms with Crippen molar-refractivity contribution in [1.82, 2.24) is 26.3 Å². The first-order valence-electron chi connectivity index (χ1n) is 7.80. The van der Waals surface area contributed by atoms with Crippen molar-refractivity contribution >= 4 is 23.3 Å². The first-order valence-corrected chi connectivity index (χ1v) is 7.80. The number of aromatic amines is 1. The summed E-state index contributed by atoms with van der Waals surface area (Å²) in [6, 6.07) is 16.8. The van der Waals surface area contributed by atoms with Crippen LogP contribution in [0.2, 0.25) is 0 Å². The topological polar surface area (TPSA) is 89.3 Å². The van der Waals surface area contributed by atoms with Gasteiger partial charge in [-0.1, -0.05) is 48.5 Å². The van der Waals surface area contributed by atoms with Crippen molar-refractivity contribution in [2.24, 2.45) is 0 Å². The number of hydrogen-bond donors (Lipinski definition) is 4. The number of aromatic nitrogens is 1. The van der Waals surface area contributed by atoms with E-state index in [-0.39, 0.29) is 6.54 Å². The Balaban J connectivity index is 0.00000243. The molecule has 1 aromatic heterocycles. The molecule has 0 aliphatic carbocycles. The van der Waals surface area contributed by atoms with Crippen molar-refractivity contribution in [3.63, 3.8) is 0 Å². The van der Waals surface area contributed by atoms with Crippen molar-refractivity contribution in [2.75, 3.05) is 0 Å². The summed E-state index contributed by atoms with van der Waals surface area (Å²) in [5.74, 6) is 0. The Hall–Kier alpha value is -4.32. The van der Waals surface area contributed by atoms with Gasteiger partial charge >= 0.3 is 6.03 Å². The first-order chi connectivity index (χ1) is 12.3. The Morgan fingerprint density at radius 3 is 2.58 bits per heavy atom. The molecule has 4 N–H and O–H groups in total. The standard InChI is InChI=1S/C18H18N5O2.Fm/c24-13-21-23(12-14-6-2-1-3-7-14)18(25)22-20-11-15-10-19-17-9-5-4-8-16(15)17;/h1-10,19-20H,11-12H2,(H,21,24)(H,22,25);/q-1;. The van der Waals surface area contributed by atoms with Crippen molar-refractivity contribution in [3.05, 3.63) is 71.9 Å². The predicted molar refractivity (Wildman–Crippen MR) is 94.5 cm³/mol. The van der Waals surface area contributed by atoms with E-state index in [1.165, 1.54) is 6.41 Å². The number of urea groups is 1. The van der Waals surface area contributed by atoms with Crippen molar-refractivity contribution in [3.8, 4) is 0 Å². The second-order valence-corrected chi connectivity index (χ2v) is 5.43. The Morgan fingerprint density at radius 2 is 1.81 bits per heavy atom. The maximum Gasteiger partial charge on any atom is 0.348 e. The Morgan fingerprint density at radius 1 is 1.08 bits per heavy atom. The molecule has 0 bridgehead atoms. The van der Waals surface area contributed by atoms with Crippen LogP contribution in [0.3, 0.4) is 0 Å². The van der Waals surface area contributed by atoms with Crippen molar-refractivity contribution < 1.29 is 9.59 Å². The number of benzene rings is 2. The zero-order valence-electron chi connectivity index (χ0n) is 13.7. The van der Waals surface area contributed by atoms with Crippen molar-refractivity contribution in [2.45, 2.75) is 13.1 Å². The molecule has 0 saturated carbocycles. The normalized spacial score (nSPS) is 10.0. The average molecular weight is 593 g/mol. The number of para-hydroxylation sites is 1. The summed E-state index contributed by atoms with van der Waals surface area (Å²) in [7, 11) is 0. The molecule has 0 spiro atoms. The van der Waals surface area contributed by atoms with Crippen molar-refractivity contribution in [1.29, 1.82) is 0 Å². The van der Waals surface area contributed by atoms with Crippen LogP contribution in [0.1, 0.15) is 11.1 Å². The maximum atomic E-state index is 12.2. The van der Waals surface area contributed by atoms with Gasteiger partial charge in [-0.3, -0.25) is 10.4 Å². The van der Waals surface area contributed by atoms with Gasteiger partial charge in [0.2, 0.25) is 0 Å². The number of nitrogens with zero attached hydrogens (tertiary/aromatic N) is 1. The summed E-state index contributed by atoms with van der Waals surface area (Å²) in [5.41, 5.74) is 10.7. The van der Waals surface area contributed by atoms with E-state index in [9.17, 15) is 9.59 Å². The van der Waals surface area contributed by atoms with E-state index in [2.05, 4.69) is 21.3 Å². The van der Waals surface area contributed by atoms with Crippen LogP contribution >= 0.6 is 0 Å². The van der Waals surface area contributed by atoms with E-state index < -0.39 is 6.03 Å². The second-order valence-electron chi connectivity index (χ2n) is 5.43. The molecular weight excluding hydrogens is 575 g/mol.